The number of anilines is 1. The summed E-state index contributed by atoms with van der Waals surface area (Å²) in [6, 6.07) is 1.97. The van der Waals surface area contributed by atoms with Crippen LogP contribution in [0.4, 0.5) is 10.6 Å². The molecular weight excluding hydrogens is 244 g/mol. The third kappa shape index (κ3) is 2.34. The van der Waals surface area contributed by atoms with Crippen LogP contribution in [0, 0.1) is 0 Å². The molecule has 0 bridgehead atoms. The fourth-order valence-corrected chi connectivity index (χ4v) is 2.99. The van der Waals surface area contributed by atoms with Gasteiger partial charge in [0.25, 0.3) is 0 Å². The van der Waals surface area contributed by atoms with Gasteiger partial charge in [0.15, 0.2) is 0 Å². The van der Waals surface area contributed by atoms with Gasteiger partial charge in [-0.1, -0.05) is 0 Å². The van der Waals surface area contributed by atoms with Crippen molar-refractivity contribution >= 4 is 11.9 Å². The number of carbonyl (C=O) groups is 1. The van der Waals surface area contributed by atoms with Gasteiger partial charge in [-0.15, -0.1) is 0 Å². The molecule has 1 saturated heterocycles. The zero-order chi connectivity index (χ0) is 13.8. The average molecular weight is 264 g/mol. The molecule has 1 aliphatic carbocycles. The lowest BCUT2D eigenvalue weighted by atomic mass is 10.00. The fourth-order valence-electron chi connectivity index (χ4n) is 2.99. The lowest BCUT2D eigenvalue weighted by Gasteiger charge is -2.24. The minimum absolute atomic E-state index is 0.145. The number of nitrogens with zero attached hydrogens (tertiary/aromatic N) is 1. The van der Waals surface area contributed by atoms with E-state index >= 15 is 0 Å². The van der Waals surface area contributed by atoms with E-state index in [1.165, 1.54) is 5.56 Å². The molecule has 0 radical (unpaired) electrons. The van der Waals surface area contributed by atoms with E-state index in [-0.39, 0.29) is 5.54 Å². The van der Waals surface area contributed by atoms with Crippen LogP contribution < -0.4 is 5.32 Å². The molecule has 0 aromatic carbocycles. The smallest absolute Gasteiger partial charge is 0.410 e. The van der Waals surface area contributed by atoms with Crippen LogP contribution in [0.15, 0.2) is 12.3 Å². The Kier molecular flexibility index (Phi) is 2.64. The molecule has 3 rings (SSSR count). The van der Waals surface area contributed by atoms with Gasteiger partial charge in [0.1, 0.15) is 5.82 Å². The highest BCUT2D eigenvalue weighted by Gasteiger charge is 2.48. The first-order chi connectivity index (χ1) is 8.84. The molecule has 104 valence electrons. The molecule has 1 amide bonds. The van der Waals surface area contributed by atoms with Crippen LogP contribution in [-0.4, -0.2) is 28.0 Å². The van der Waals surface area contributed by atoms with Gasteiger partial charge in [-0.05, 0) is 51.2 Å². The van der Waals surface area contributed by atoms with Crippen molar-refractivity contribution in [1.82, 2.24) is 4.57 Å². The molecule has 1 unspecified atom stereocenters. The van der Waals surface area contributed by atoms with Gasteiger partial charge in [-0.2, -0.15) is 0 Å². The van der Waals surface area contributed by atoms with E-state index in [0.717, 1.165) is 12.8 Å². The molecule has 2 N–H and O–H groups in total. The summed E-state index contributed by atoms with van der Waals surface area (Å²) in [5.74, 6) is 1.15. The van der Waals surface area contributed by atoms with Crippen molar-refractivity contribution in [2.24, 2.45) is 0 Å². The van der Waals surface area contributed by atoms with Crippen LogP contribution in [0.5, 0.6) is 0 Å². The third-order valence-electron chi connectivity index (χ3n) is 3.99. The van der Waals surface area contributed by atoms with Crippen molar-refractivity contribution in [3.63, 3.8) is 0 Å². The molecule has 5 nitrogen and oxygen atoms in total. The van der Waals surface area contributed by atoms with E-state index in [0.29, 0.717) is 23.9 Å². The molecule has 1 saturated carbocycles. The van der Waals surface area contributed by atoms with Gasteiger partial charge in [-0.3, -0.25) is 5.32 Å². The summed E-state index contributed by atoms with van der Waals surface area (Å²) in [6.07, 6.45) is 4.07. The molecule has 1 aromatic heterocycles. The van der Waals surface area contributed by atoms with Gasteiger partial charge >= 0.3 is 6.09 Å². The first-order valence-corrected chi connectivity index (χ1v) is 6.73. The van der Waals surface area contributed by atoms with Gasteiger partial charge < -0.3 is 14.4 Å². The van der Waals surface area contributed by atoms with E-state index in [2.05, 4.69) is 32.3 Å². The van der Waals surface area contributed by atoms with Crippen molar-refractivity contribution < 1.29 is 14.6 Å². The Bertz CT molecular complexity index is 505. The monoisotopic (exact) mass is 264 g/mol. The topological polar surface area (TPSA) is 66.8 Å². The standard InChI is InChI=1S/C14H20N2O3/c1-14(2,3)16-7-9(6-12(16)15-13(17)18)8-4-10-11(5-8)19-10/h6-8,10-11,15H,4-5H2,1-3H3,(H,17,18)/t8?,10-,11+. The van der Waals surface area contributed by atoms with Gasteiger partial charge in [0.2, 0.25) is 0 Å². The molecule has 2 aliphatic rings. The SMILES string of the molecule is CC(C)(C)n1cc(C2C[C@@H]3O[C@@H]3C2)cc1NC(=O)O. The average Bonchev–Trinajstić information content (AvgIpc) is 2.74. The molecule has 5 heteroatoms. The second-order valence-corrected chi connectivity index (χ2v) is 6.51. The lowest BCUT2D eigenvalue weighted by Crippen LogP contribution is -2.24. The highest BCUT2D eigenvalue weighted by atomic mass is 16.6. The molecule has 19 heavy (non-hydrogen) atoms. The second-order valence-electron chi connectivity index (χ2n) is 6.51. The maximum absolute atomic E-state index is 10.9. The Morgan fingerprint density at radius 2 is 2.05 bits per heavy atom. The summed E-state index contributed by atoms with van der Waals surface area (Å²) in [5.41, 5.74) is 1.07. The summed E-state index contributed by atoms with van der Waals surface area (Å²) in [6.45, 7) is 6.21. The second kappa shape index (κ2) is 4.00. The van der Waals surface area contributed by atoms with Crippen LogP contribution in [0.2, 0.25) is 0 Å². The number of ether oxygens (including phenoxy) is 1. The Morgan fingerprint density at radius 1 is 1.42 bits per heavy atom. The fraction of sp³-hybridized carbons (Fsp3) is 0.643. The first kappa shape index (κ1) is 12.5. The maximum Gasteiger partial charge on any atom is 0.410 e. The van der Waals surface area contributed by atoms with Crippen LogP contribution in [0.1, 0.15) is 45.1 Å². The van der Waals surface area contributed by atoms with Crippen LogP contribution >= 0.6 is 0 Å². The largest absolute Gasteiger partial charge is 0.465 e. The molecule has 3 atom stereocenters. The van der Waals surface area contributed by atoms with Gasteiger partial charge in [0.05, 0.1) is 12.2 Å². The lowest BCUT2D eigenvalue weighted by molar-refractivity contribution is 0.209. The van der Waals surface area contributed by atoms with Crippen molar-refractivity contribution in [3.05, 3.63) is 17.8 Å². The number of nitrogens with one attached hydrogen (secondary N) is 1. The minimum atomic E-state index is -1.02. The molecule has 2 heterocycles. The van der Waals surface area contributed by atoms with E-state index < -0.39 is 6.09 Å². The number of aromatic nitrogens is 1. The maximum atomic E-state index is 10.9. The summed E-state index contributed by atoms with van der Waals surface area (Å²) < 4.78 is 7.46. The first-order valence-electron chi connectivity index (χ1n) is 6.73. The number of hydrogen-bond acceptors (Lipinski definition) is 2. The number of amides is 1. The zero-order valence-electron chi connectivity index (χ0n) is 11.5. The van der Waals surface area contributed by atoms with Crippen molar-refractivity contribution in [3.8, 4) is 0 Å². The highest BCUT2D eigenvalue weighted by Crippen LogP contribution is 2.47. The predicted octanol–water partition coefficient (Wildman–Crippen LogP) is 2.98. The van der Waals surface area contributed by atoms with Crippen LogP contribution in [0.25, 0.3) is 0 Å². The number of epoxide rings is 1. The molecular formula is C14H20N2O3. The molecule has 2 fully saturated rings. The highest BCUT2D eigenvalue weighted by molar-refractivity contribution is 5.82. The third-order valence-corrected chi connectivity index (χ3v) is 3.99. The van der Waals surface area contributed by atoms with Crippen LogP contribution in [0.3, 0.4) is 0 Å². The predicted molar refractivity (Wildman–Crippen MR) is 71.7 cm³/mol. The quantitative estimate of drug-likeness (QED) is 0.807. The van der Waals surface area contributed by atoms with E-state index in [1.807, 2.05) is 10.6 Å². The number of rotatable bonds is 2. The van der Waals surface area contributed by atoms with Crippen LogP contribution in [-0.2, 0) is 10.3 Å². The summed E-state index contributed by atoms with van der Waals surface area (Å²) >= 11 is 0. The van der Waals surface area contributed by atoms with E-state index in [9.17, 15) is 4.79 Å². The normalized spacial score (nSPS) is 29.1. The number of fused-ring (bicyclic) bond motifs is 1. The van der Waals surface area contributed by atoms with Gasteiger partial charge in [0, 0.05) is 11.7 Å². The molecule has 1 aromatic rings. The Morgan fingerprint density at radius 3 is 2.58 bits per heavy atom. The number of carboxylic acid groups (broad SMARTS) is 1. The van der Waals surface area contributed by atoms with Crippen molar-refractivity contribution in [2.45, 2.75) is 57.3 Å². The molecule has 0 spiro atoms. The minimum Gasteiger partial charge on any atom is -0.465 e. The van der Waals surface area contributed by atoms with Crippen molar-refractivity contribution in [2.75, 3.05) is 5.32 Å². The van der Waals surface area contributed by atoms with Gasteiger partial charge in [-0.25, -0.2) is 4.79 Å². The van der Waals surface area contributed by atoms with E-state index in [4.69, 9.17) is 9.84 Å². The number of hydrogen-bond donors (Lipinski definition) is 2. The van der Waals surface area contributed by atoms with Crippen molar-refractivity contribution in [1.29, 1.82) is 0 Å². The Hall–Kier alpha value is -1.49. The molecule has 1 aliphatic heterocycles. The summed E-state index contributed by atoms with van der Waals surface area (Å²) in [7, 11) is 0. The Labute approximate surface area is 112 Å². The summed E-state index contributed by atoms with van der Waals surface area (Å²) in [5, 5.41) is 11.4. The van der Waals surface area contributed by atoms with E-state index in [1.54, 1.807) is 0 Å². The zero-order valence-corrected chi connectivity index (χ0v) is 11.5. The Balaban J connectivity index is 1.89. The summed E-state index contributed by atoms with van der Waals surface area (Å²) in [4.78, 5) is 10.9.